The van der Waals surface area contributed by atoms with Crippen LogP contribution in [0.2, 0.25) is 0 Å². The maximum atomic E-state index is 13.7. The van der Waals surface area contributed by atoms with E-state index in [1.165, 1.54) is 0 Å². The van der Waals surface area contributed by atoms with Gasteiger partial charge in [-0.3, -0.25) is 5.32 Å². The first kappa shape index (κ1) is 26.7. The van der Waals surface area contributed by atoms with Crippen LogP contribution in [0.25, 0.3) is 0 Å². The van der Waals surface area contributed by atoms with E-state index < -0.39 is 15.4 Å². The number of carbonyl (C=O) groups excluding carboxylic acids is 2. The number of ether oxygens (including phenoxy) is 1. The zero-order chi connectivity index (χ0) is 24.5. The van der Waals surface area contributed by atoms with Crippen LogP contribution in [-0.4, -0.2) is 40.0 Å². The third kappa shape index (κ3) is 6.30. The molecule has 1 aliphatic rings. The SMILES string of the molecule is CCCC[C@]1(CC)CS(=O)(=O)c2cc(CNC)c(OC)cc2[C@H](c2ccccc2)N1.O=C=O. The first-order chi connectivity index (χ1) is 15.8. The number of unbranched alkanes of at least 4 members (excludes halogenated alkanes) is 1. The van der Waals surface area contributed by atoms with E-state index in [1.807, 2.05) is 37.4 Å². The summed E-state index contributed by atoms with van der Waals surface area (Å²) < 4.78 is 33.0. The van der Waals surface area contributed by atoms with Crippen LogP contribution in [0.15, 0.2) is 47.4 Å². The van der Waals surface area contributed by atoms with Crippen LogP contribution in [-0.2, 0) is 26.0 Å². The third-order valence-corrected chi connectivity index (χ3v) is 8.12. The summed E-state index contributed by atoms with van der Waals surface area (Å²) in [6.07, 6.45) is 3.86. The van der Waals surface area contributed by atoms with Crippen molar-refractivity contribution in [3.05, 3.63) is 59.2 Å². The Morgan fingerprint density at radius 3 is 2.39 bits per heavy atom. The Hall–Kier alpha value is -2.51. The minimum atomic E-state index is -3.48. The number of benzene rings is 2. The topological polar surface area (TPSA) is 102 Å². The van der Waals surface area contributed by atoms with E-state index in [9.17, 15) is 8.42 Å². The minimum absolute atomic E-state index is 0.109. The maximum Gasteiger partial charge on any atom is 0.373 e. The van der Waals surface area contributed by atoms with Gasteiger partial charge < -0.3 is 10.1 Å². The van der Waals surface area contributed by atoms with E-state index in [4.69, 9.17) is 14.3 Å². The Kier molecular flexibility index (Phi) is 9.80. The molecule has 3 rings (SSSR count). The lowest BCUT2D eigenvalue weighted by atomic mass is 9.88. The molecule has 0 radical (unpaired) electrons. The first-order valence-corrected chi connectivity index (χ1v) is 12.9. The minimum Gasteiger partial charge on any atom is -0.496 e. The molecule has 0 bridgehead atoms. The third-order valence-electron chi connectivity index (χ3n) is 6.16. The number of methoxy groups -OCH3 is 1. The Bertz CT molecular complexity index is 1050. The van der Waals surface area contributed by atoms with Gasteiger partial charge in [0.05, 0.1) is 23.8 Å². The van der Waals surface area contributed by atoms with Crippen molar-refractivity contribution in [2.24, 2.45) is 0 Å². The van der Waals surface area contributed by atoms with Gasteiger partial charge in [0.2, 0.25) is 0 Å². The van der Waals surface area contributed by atoms with Crippen LogP contribution < -0.4 is 15.4 Å². The number of rotatable bonds is 8. The average molecular weight is 475 g/mol. The molecule has 7 nitrogen and oxygen atoms in total. The molecule has 0 amide bonds. The van der Waals surface area contributed by atoms with Crippen molar-refractivity contribution >= 4 is 16.0 Å². The highest BCUT2D eigenvalue weighted by atomic mass is 32.2. The quantitative estimate of drug-likeness (QED) is 0.602. The molecule has 2 aromatic rings. The number of hydrogen-bond donors (Lipinski definition) is 2. The van der Waals surface area contributed by atoms with Gasteiger partial charge in [0, 0.05) is 17.6 Å². The summed E-state index contributed by atoms with van der Waals surface area (Å²) in [6, 6.07) is 13.6. The molecule has 1 heterocycles. The van der Waals surface area contributed by atoms with E-state index in [2.05, 4.69) is 36.6 Å². The van der Waals surface area contributed by atoms with Gasteiger partial charge in [-0.1, -0.05) is 57.0 Å². The molecule has 0 saturated heterocycles. The summed E-state index contributed by atoms with van der Waals surface area (Å²) >= 11 is 0. The predicted molar refractivity (Wildman–Crippen MR) is 127 cm³/mol. The van der Waals surface area contributed by atoms with Crippen LogP contribution in [0.5, 0.6) is 5.75 Å². The number of hydrogen-bond acceptors (Lipinski definition) is 7. The van der Waals surface area contributed by atoms with Crippen molar-refractivity contribution in [1.29, 1.82) is 0 Å². The van der Waals surface area contributed by atoms with Crippen molar-refractivity contribution in [3.8, 4) is 5.75 Å². The van der Waals surface area contributed by atoms with Gasteiger partial charge in [0.15, 0.2) is 9.84 Å². The first-order valence-electron chi connectivity index (χ1n) is 11.2. The van der Waals surface area contributed by atoms with E-state index in [-0.39, 0.29) is 17.9 Å². The summed E-state index contributed by atoms with van der Waals surface area (Å²) in [5.74, 6) is 0.816. The zero-order valence-electron chi connectivity index (χ0n) is 19.8. The largest absolute Gasteiger partial charge is 0.496 e. The Balaban J connectivity index is 0.00000122. The van der Waals surface area contributed by atoms with Gasteiger partial charge in [-0.15, -0.1) is 0 Å². The molecule has 2 N–H and O–H groups in total. The monoisotopic (exact) mass is 474 g/mol. The summed E-state index contributed by atoms with van der Waals surface area (Å²) in [7, 11) is 0.000396. The molecule has 8 heteroatoms. The second-order valence-corrected chi connectivity index (χ2v) is 10.3. The fourth-order valence-electron chi connectivity index (χ4n) is 4.45. The van der Waals surface area contributed by atoms with Gasteiger partial charge in [0.25, 0.3) is 0 Å². The summed E-state index contributed by atoms with van der Waals surface area (Å²) in [6.45, 7) is 4.78. The lowest BCUT2D eigenvalue weighted by molar-refractivity contribution is -0.191. The van der Waals surface area contributed by atoms with Crippen LogP contribution in [0.1, 0.15) is 62.3 Å². The Labute approximate surface area is 196 Å². The van der Waals surface area contributed by atoms with Crippen LogP contribution >= 0.6 is 0 Å². The van der Waals surface area contributed by atoms with Crippen LogP contribution in [0, 0.1) is 0 Å². The van der Waals surface area contributed by atoms with Crippen LogP contribution in [0.3, 0.4) is 0 Å². The van der Waals surface area contributed by atoms with Gasteiger partial charge in [-0.25, -0.2) is 8.42 Å². The highest BCUT2D eigenvalue weighted by molar-refractivity contribution is 7.91. The van der Waals surface area contributed by atoms with E-state index in [1.54, 1.807) is 7.11 Å². The van der Waals surface area contributed by atoms with Crippen molar-refractivity contribution in [3.63, 3.8) is 0 Å². The molecule has 33 heavy (non-hydrogen) atoms. The normalized spacial score (nSPS) is 21.0. The fourth-order valence-corrected chi connectivity index (χ4v) is 6.62. The Morgan fingerprint density at radius 1 is 1.18 bits per heavy atom. The van der Waals surface area contributed by atoms with E-state index >= 15 is 0 Å². The standard InChI is InChI=1S/C24H34N2O3S.CO2/c1-5-7-13-24(6-2)17-30(27,28)22-14-19(16-25-3)21(29-4)15-20(22)23(26-24)18-11-9-8-10-12-18;2-1-3/h8-12,14-15,23,25-26H,5-7,13,16-17H2,1-4H3;/t23-,24+;/m0./s1. The van der Waals surface area contributed by atoms with Crippen molar-refractivity contribution in [2.45, 2.75) is 62.6 Å². The lowest BCUT2D eigenvalue weighted by Crippen LogP contribution is -2.50. The molecule has 2 aromatic carbocycles. The number of fused-ring (bicyclic) bond motifs is 1. The Morgan fingerprint density at radius 2 is 1.85 bits per heavy atom. The molecule has 180 valence electrons. The van der Waals surface area contributed by atoms with Crippen molar-refractivity contribution in [1.82, 2.24) is 10.6 Å². The van der Waals surface area contributed by atoms with Crippen molar-refractivity contribution < 1.29 is 22.7 Å². The van der Waals surface area contributed by atoms with E-state index in [0.29, 0.717) is 17.2 Å². The summed E-state index contributed by atoms with van der Waals surface area (Å²) in [5, 5.41) is 6.91. The number of nitrogens with one attached hydrogen (secondary N) is 2. The summed E-state index contributed by atoms with van der Waals surface area (Å²) in [4.78, 5) is 16.7. The second kappa shape index (κ2) is 12.1. The molecular weight excluding hydrogens is 440 g/mol. The average Bonchev–Trinajstić information content (AvgIpc) is 2.91. The second-order valence-electron chi connectivity index (χ2n) is 8.30. The number of sulfone groups is 1. The maximum absolute atomic E-state index is 13.7. The smallest absolute Gasteiger partial charge is 0.373 e. The predicted octanol–water partition coefficient (Wildman–Crippen LogP) is 3.64. The molecule has 0 aromatic heterocycles. The summed E-state index contributed by atoms with van der Waals surface area (Å²) in [5.41, 5.74) is 2.22. The molecule has 0 unspecified atom stereocenters. The molecule has 2 atom stereocenters. The van der Waals surface area contributed by atoms with Gasteiger partial charge in [0.1, 0.15) is 5.75 Å². The molecule has 0 spiro atoms. The zero-order valence-corrected chi connectivity index (χ0v) is 20.6. The lowest BCUT2D eigenvalue weighted by Gasteiger charge is -2.36. The molecular formula is C25H34N2O5S. The van der Waals surface area contributed by atoms with Crippen LogP contribution in [0.4, 0.5) is 0 Å². The molecule has 0 saturated carbocycles. The fraction of sp³-hybridized carbons (Fsp3) is 0.480. The molecule has 0 aliphatic carbocycles. The van der Waals surface area contributed by atoms with Gasteiger partial charge in [-0.2, -0.15) is 9.59 Å². The van der Waals surface area contributed by atoms with Gasteiger partial charge >= 0.3 is 6.15 Å². The van der Waals surface area contributed by atoms with Gasteiger partial charge in [-0.05, 0) is 43.1 Å². The van der Waals surface area contributed by atoms with Crippen molar-refractivity contribution in [2.75, 3.05) is 19.9 Å². The molecule has 0 fully saturated rings. The highest BCUT2D eigenvalue weighted by Crippen LogP contribution is 2.40. The highest BCUT2D eigenvalue weighted by Gasteiger charge is 2.42. The molecule has 1 aliphatic heterocycles. The van der Waals surface area contributed by atoms with E-state index in [0.717, 1.165) is 42.4 Å².